The molecule has 4 rings (SSSR count). The molecule has 0 atom stereocenters. The number of halogens is 1. The molecule has 0 radical (unpaired) electrons. The maximum absolute atomic E-state index is 5.92. The van der Waals surface area contributed by atoms with Crippen molar-refractivity contribution in [2.75, 3.05) is 0 Å². The molecule has 3 heterocycles. The Bertz CT molecular complexity index is 943. The second-order valence-corrected chi connectivity index (χ2v) is 7.76. The summed E-state index contributed by atoms with van der Waals surface area (Å²) in [5.74, 6) is 1.14. The van der Waals surface area contributed by atoms with Gasteiger partial charge in [0.05, 0.1) is 25.8 Å². The Balaban J connectivity index is 1.87. The molecular weight excluding hydrogens is 346 g/mol. The molecule has 0 amide bonds. The second-order valence-electron chi connectivity index (χ2n) is 4.32. The maximum Gasteiger partial charge on any atom is 0.299 e. The lowest BCUT2D eigenvalue weighted by molar-refractivity contribution is 0.479. The molecule has 4 aromatic rings. The number of aryl methyl sites for hydroxylation is 1. The normalized spacial score (nSPS) is 11.5. The Morgan fingerprint density at radius 2 is 2.19 bits per heavy atom. The number of hydrogen-bond acceptors (Lipinski definition) is 7. The fraction of sp³-hybridized carbons (Fsp3) is 0.154. The minimum atomic E-state index is 0.349. The van der Waals surface area contributed by atoms with E-state index in [1.54, 1.807) is 22.7 Å². The van der Waals surface area contributed by atoms with Gasteiger partial charge >= 0.3 is 0 Å². The average molecular weight is 354 g/mol. The number of ether oxygens (including phenoxy) is 1. The van der Waals surface area contributed by atoms with E-state index in [0.717, 1.165) is 36.1 Å². The lowest BCUT2D eigenvalue weighted by Gasteiger charge is -2.03. The first kappa shape index (κ1) is 13.4. The van der Waals surface area contributed by atoms with Crippen LogP contribution in [0, 0.1) is 6.92 Å². The maximum atomic E-state index is 5.92. The molecule has 8 heteroatoms. The van der Waals surface area contributed by atoms with Gasteiger partial charge in [0.1, 0.15) is 10.8 Å². The largest absolute Gasteiger partial charge is 0.429 e. The fourth-order valence-corrected chi connectivity index (χ4v) is 4.70. The van der Waals surface area contributed by atoms with Crippen molar-refractivity contribution in [3.8, 4) is 10.9 Å². The zero-order valence-electron chi connectivity index (χ0n) is 10.8. The van der Waals surface area contributed by atoms with Crippen molar-refractivity contribution >= 4 is 65.9 Å². The molecule has 0 aliphatic rings. The third-order valence-electron chi connectivity index (χ3n) is 2.93. The number of aromatic nitrogens is 3. The zero-order valence-corrected chi connectivity index (χ0v) is 14.0. The highest BCUT2D eigenvalue weighted by Gasteiger charge is 2.14. The molecule has 0 N–H and O–H groups in total. The van der Waals surface area contributed by atoms with Crippen LogP contribution < -0.4 is 4.74 Å². The highest BCUT2D eigenvalue weighted by atomic mass is 35.5. The summed E-state index contributed by atoms with van der Waals surface area (Å²) >= 11 is 10.5. The van der Waals surface area contributed by atoms with Gasteiger partial charge in [0.15, 0.2) is 0 Å². The van der Waals surface area contributed by atoms with E-state index in [-0.39, 0.29) is 0 Å². The van der Waals surface area contributed by atoms with E-state index >= 15 is 0 Å². The molecule has 0 saturated heterocycles. The summed E-state index contributed by atoms with van der Waals surface area (Å²) in [6, 6.07) is 4.07. The van der Waals surface area contributed by atoms with E-state index in [4.69, 9.17) is 16.3 Å². The molecule has 0 aliphatic heterocycles. The minimum Gasteiger partial charge on any atom is -0.429 e. The molecule has 21 heavy (non-hydrogen) atoms. The van der Waals surface area contributed by atoms with Crippen LogP contribution in [0.1, 0.15) is 10.0 Å². The topological polar surface area (TPSA) is 47.9 Å². The Kier molecular flexibility index (Phi) is 3.30. The van der Waals surface area contributed by atoms with Crippen molar-refractivity contribution in [2.45, 2.75) is 12.8 Å². The van der Waals surface area contributed by atoms with E-state index in [9.17, 15) is 0 Å². The van der Waals surface area contributed by atoms with E-state index in [0.29, 0.717) is 11.1 Å². The molecule has 0 fully saturated rings. The Morgan fingerprint density at radius 3 is 3.00 bits per heavy atom. The van der Waals surface area contributed by atoms with Crippen LogP contribution in [0.25, 0.3) is 20.3 Å². The van der Waals surface area contributed by atoms with Crippen molar-refractivity contribution in [3.63, 3.8) is 0 Å². The van der Waals surface area contributed by atoms with E-state index in [1.165, 1.54) is 11.3 Å². The summed E-state index contributed by atoms with van der Waals surface area (Å²) < 4.78 is 8.19. The monoisotopic (exact) mass is 353 g/mol. The molecule has 4 nitrogen and oxygen atoms in total. The SMILES string of the molecule is Cc1nc2c(cc(Oc3nnc(CCl)s3)c3ccsc32)s1. The first-order valence-corrected chi connectivity index (χ1v) is 9.13. The van der Waals surface area contributed by atoms with Crippen molar-refractivity contribution in [1.82, 2.24) is 15.2 Å². The number of nitrogens with zero attached hydrogens (tertiary/aromatic N) is 3. The van der Waals surface area contributed by atoms with Crippen LogP contribution in [0.2, 0.25) is 0 Å². The van der Waals surface area contributed by atoms with Gasteiger partial charge in [-0.25, -0.2) is 4.98 Å². The summed E-state index contributed by atoms with van der Waals surface area (Å²) in [7, 11) is 0. The van der Waals surface area contributed by atoms with Crippen LogP contribution in [0.4, 0.5) is 0 Å². The molecular formula is C13H8ClN3OS3. The molecule has 0 unspecified atom stereocenters. The number of fused-ring (bicyclic) bond motifs is 3. The second kappa shape index (κ2) is 5.17. The minimum absolute atomic E-state index is 0.349. The number of benzene rings is 1. The van der Waals surface area contributed by atoms with Gasteiger partial charge in [0.2, 0.25) is 0 Å². The lowest BCUT2D eigenvalue weighted by atomic mass is 10.2. The summed E-state index contributed by atoms with van der Waals surface area (Å²) in [5, 5.41) is 13.4. The van der Waals surface area contributed by atoms with Gasteiger partial charge < -0.3 is 4.74 Å². The Morgan fingerprint density at radius 1 is 1.29 bits per heavy atom. The summed E-state index contributed by atoms with van der Waals surface area (Å²) in [6.07, 6.45) is 0. The molecule has 0 bridgehead atoms. The zero-order chi connectivity index (χ0) is 14.4. The van der Waals surface area contributed by atoms with E-state index in [1.807, 2.05) is 19.1 Å². The quantitative estimate of drug-likeness (QED) is 0.475. The molecule has 1 aromatic carbocycles. The Hall–Kier alpha value is -1.28. The fourth-order valence-electron chi connectivity index (χ4n) is 2.10. The highest BCUT2D eigenvalue weighted by Crippen LogP contribution is 2.40. The molecule has 0 saturated carbocycles. The average Bonchev–Trinajstić information content (AvgIpc) is 3.16. The predicted molar refractivity (Wildman–Crippen MR) is 89.3 cm³/mol. The predicted octanol–water partition coefficient (Wildman–Crippen LogP) is 5.20. The Labute approximate surface area is 137 Å². The summed E-state index contributed by atoms with van der Waals surface area (Å²) in [4.78, 5) is 4.61. The van der Waals surface area contributed by atoms with Crippen molar-refractivity contribution in [2.24, 2.45) is 0 Å². The first-order chi connectivity index (χ1) is 10.2. The van der Waals surface area contributed by atoms with Gasteiger partial charge in [-0.05, 0) is 18.4 Å². The van der Waals surface area contributed by atoms with Crippen LogP contribution in [0.15, 0.2) is 17.5 Å². The number of thiazole rings is 1. The molecule has 3 aromatic heterocycles. The summed E-state index contributed by atoms with van der Waals surface area (Å²) in [6.45, 7) is 2.02. The smallest absolute Gasteiger partial charge is 0.299 e. The van der Waals surface area contributed by atoms with Gasteiger partial charge in [0, 0.05) is 11.5 Å². The summed E-state index contributed by atoms with van der Waals surface area (Å²) in [5.41, 5.74) is 1.05. The number of rotatable bonds is 3. The molecule has 0 spiro atoms. The van der Waals surface area contributed by atoms with Gasteiger partial charge in [-0.3, -0.25) is 0 Å². The van der Waals surface area contributed by atoms with Crippen molar-refractivity contribution < 1.29 is 4.74 Å². The van der Waals surface area contributed by atoms with Crippen molar-refractivity contribution in [1.29, 1.82) is 0 Å². The highest BCUT2D eigenvalue weighted by molar-refractivity contribution is 7.21. The number of thiophene rings is 1. The van der Waals surface area contributed by atoms with Crippen LogP contribution in [-0.4, -0.2) is 15.2 Å². The van der Waals surface area contributed by atoms with Crippen LogP contribution in [0.3, 0.4) is 0 Å². The third-order valence-corrected chi connectivity index (χ3v) is 5.98. The van der Waals surface area contributed by atoms with E-state index < -0.39 is 0 Å². The molecule has 106 valence electrons. The van der Waals surface area contributed by atoms with Crippen LogP contribution >= 0.6 is 45.6 Å². The number of hydrogen-bond donors (Lipinski definition) is 0. The standard InChI is InChI=1S/C13H8ClN3OS3/c1-6-15-11-9(20-6)4-8(7-2-3-19-12(7)11)18-13-17-16-10(5-14)21-13/h2-4H,5H2,1H3. The third kappa shape index (κ3) is 2.30. The van der Waals surface area contributed by atoms with Gasteiger partial charge in [0.25, 0.3) is 5.19 Å². The van der Waals surface area contributed by atoms with Gasteiger partial charge in [-0.2, -0.15) is 0 Å². The lowest BCUT2D eigenvalue weighted by Crippen LogP contribution is -1.84. The van der Waals surface area contributed by atoms with Crippen LogP contribution in [0.5, 0.6) is 10.9 Å². The molecule has 0 aliphatic carbocycles. The van der Waals surface area contributed by atoms with Crippen molar-refractivity contribution in [3.05, 3.63) is 27.5 Å². The van der Waals surface area contributed by atoms with Crippen LogP contribution in [-0.2, 0) is 5.88 Å². The van der Waals surface area contributed by atoms with E-state index in [2.05, 4.69) is 20.6 Å². The first-order valence-electron chi connectivity index (χ1n) is 6.08. The van der Waals surface area contributed by atoms with Gasteiger partial charge in [-0.15, -0.1) is 39.4 Å². The number of alkyl halides is 1. The van der Waals surface area contributed by atoms with Gasteiger partial charge in [-0.1, -0.05) is 16.4 Å².